The van der Waals surface area contributed by atoms with Gasteiger partial charge in [-0.15, -0.1) is 0 Å². The molecule has 0 radical (unpaired) electrons. The molecule has 1 aliphatic rings. The molecule has 24 heavy (non-hydrogen) atoms. The van der Waals surface area contributed by atoms with Crippen LogP contribution in [0.15, 0.2) is 18.2 Å². The van der Waals surface area contributed by atoms with Gasteiger partial charge in [-0.05, 0) is 17.8 Å². The normalized spacial score (nSPS) is 15.4. The van der Waals surface area contributed by atoms with Crippen molar-refractivity contribution in [2.45, 2.75) is 10.8 Å². The van der Waals surface area contributed by atoms with Crippen molar-refractivity contribution in [1.29, 1.82) is 0 Å². The summed E-state index contributed by atoms with van der Waals surface area (Å²) in [6, 6.07) is 2.79. The number of fused-ring (bicyclic) bond motifs is 1. The SMILES string of the molecule is O=C(O)C(CN1C(=O)c2ccc([N+](=O)[O-])cc2C1=O)SC(F)(F)F. The van der Waals surface area contributed by atoms with Gasteiger partial charge in [0.05, 0.1) is 22.6 Å². The summed E-state index contributed by atoms with van der Waals surface area (Å²) in [6.07, 6.45) is 0. The summed E-state index contributed by atoms with van der Waals surface area (Å²) >= 11 is -0.866. The number of alkyl halides is 3. The third kappa shape index (κ3) is 3.48. The van der Waals surface area contributed by atoms with Crippen LogP contribution in [0.2, 0.25) is 0 Å². The lowest BCUT2D eigenvalue weighted by Crippen LogP contribution is -2.40. The molecule has 2 amide bonds. The Morgan fingerprint density at radius 1 is 1.29 bits per heavy atom. The summed E-state index contributed by atoms with van der Waals surface area (Å²) in [5.41, 5.74) is -5.93. The number of carbonyl (C=O) groups is 3. The number of halogens is 3. The van der Waals surface area contributed by atoms with Crippen molar-refractivity contribution >= 4 is 35.2 Å². The Labute approximate surface area is 135 Å². The molecule has 1 aromatic rings. The first-order chi connectivity index (χ1) is 11.0. The fourth-order valence-electron chi connectivity index (χ4n) is 2.05. The van der Waals surface area contributed by atoms with Crippen molar-refractivity contribution in [3.05, 3.63) is 39.4 Å². The van der Waals surface area contributed by atoms with Gasteiger partial charge in [0.1, 0.15) is 5.25 Å². The van der Waals surface area contributed by atoms with Gasteiger partial charge in [-0.1, -0.05) is 0 Å². The minimum Gasteiger partial charge on any atom is -0.480 e. The topological polar surface area (TPSA) is 118 Å². The fourth-order valence-corrected chi connectivity index (χ4v) is 2.70. The Balaban J connectivity index is 2.29. The van der Waals surface area contributed by atoms with Crippen LogP contribution in [0.5, 0.6) is 0 Å². The van der Waals surface area contributed by atoms with Gasteiger partial charge in [0, 0.05) is 12.1 Å². The predicted molar refractivity (Wildman–Crippen MR) is 73.5 cm³/mol. The number of hydrogen-bond donors (Lipinski definition) is 1. The number of non-ortho nitro benzene ring substituents is 1. The maximum atomic E-state index is 12.4. The number of hydrogen-bond acceptors (Lipinski definition) is 6. The lowest BCUT2D eigenvalue weighted by molar-refractivity contribution is -0.384. The lowest BCUT2D eigenvalue weighted by Gasteiger charge is -2.19. The highest BCUT2D eigenvalue weighted by atomic mass is 32.2. The third-order valence-corrected chi connectivity index (χ3v) is 3.97. The second-order valence-corrected chi connectivity index (χ2v) is 5.87. The molecule has 0 saturated heterocycles. The van der Waals surface area contributed by atoms with Gasteiger partial charge < -0.3 is 5.11 Å². The number of aliphatic carboxylic acids is 1. The smallest absolute Gasteiger partial charge is 0.442 e. The quantitative estimate of drug-likeness (QED) is 0.481. The number of rotatable bonds is 5. The van der Waals surface area contributed by atoms with E-state index in [2.05, 4.69) is 0 Å². The van der Waals surface area contributed by atoms with Crippen molar-refractivity contribution < 1.29 is 37.6 Å². The molecule has 0 spiro atoms. The van der Waals surface area contributed by atoms with Crippen LogP contribution in [-0.2, 0) is 4.79 Å². The average molecular weight is 364 g/mol. The molecule has 0 aromatic heterocycles. The van der Waals surface area contributed by atoms with E-state index in [-0.39, 0.29) is 11.1 Å². The van der Waals surface area contributed by atoms with Gasteiger partial charge in [0.2, 0.25) is 0 Å². The van der Waals surface area contributed by atoms with E-state index >= 15 is 0 Å². The zero-order valence-corrected chi connectivity index (χ0v) is 12.3. The lowest BCUT2D eigenvalue weighted by atomic mass is 10.1. The standard InChI is InChI=1S/C12H7F3N2O6S/c13-12(14,15)24-8(11(20)21)4-16-9(18)6-2-1-5(17(22)23)3-7(6)10(16)19/h1-3,8H,4H2,(H,20,21). The number of nitrogens with zero attached hydrogens (tertiary/aromatic N) is 2. The molecule has 0 bridgehead atoms. The zero-order chi connectivity index (χ0) is 18.2. The first-order valence-corrected chi connectivity index (χ1v) is 7.01. The fraction of sp³-hybridized carbons (Fsp3) is 0.250. The average Bonchev–Trinajstić information content (AvgIpc) is 2.69. The van der Waals surface area contributed by atoms with E-state index < -0.39 is 57.5 Å². The Morgan fingerprint density at radius 3 is 2.38 bits per heavy atom. The molecule has 128 valence electrons. The van der Waals surface area contributed by atoms with Crippen molar-refractivity contribution in [1.82, 2.24) is 4.90 Å². The number of imide groups is 1. The van der Waals surface area contributed by atoms with Gasteiger partial charge in [-0.3, -0.25) is 29.4 Å². The summed E-state index contributed by atoms with van der Waals surface area (Å²) in [7, 11) is 0. The van der Waals surface area contributed by atoms with E-state index in [1.165, 1.54) is 0 Å². The molecule has 0 fully saturated rings. The molecule has 0 saturated carbocycles. The first kappa shape index (κ1) is 17.7. The number of amides is 2. The number of benzene rings is 1. The maximum absolute atomic E-state index is 12.4. The largest absolute Gasteiger partial charge is 0.480 e. The summed E-state index contributed by atoms with van der Waals surface area (Å²) in [6.45, 7) is -1.01. The number of carboxylic acid groups (broad SMARTS) is 1. The van der Waals surface area contributed by atoms with Crippen LogP contribution in [0.4, 0.5) is 18.9 Å². The highest BCUT2D eigenvalue weighted by Crippen LogP contribution is 2.35. The van der Waals surface area contributed by atoms with Crippen LogP contribution in [0.25, 0.3) is 0 Å². The molecule has 1 N–H and O–H groups in total. The highest BCUT2D eigenvalue weighted by Gasteiger charge is 2.43. The molecule has 1 atom stereocenters. The number of nitro benzene ring substituents is 1. The molecule has 2 rings (SSSR count). The Bertz CT molecular complexity index is 751. The van der Waals surface area contributed by atoms with Gasteiger partial charge in [-0.2, -0.15) is 13.2 Å². The number of carboxylic acids is 1. The van der Waals surface area contributed by atoms with Crippen LogP contribution < -0.4 is 0 Å². The number of carbonyl (C=O) groups excluding carboxylic acids is 2. The predicted octanol–water partition coefficient (Wildman–Crippen LogP) is 1.90. The molecule has 1 aliphatic heterocycles. The third-order valence-electron chi connectivity index (χ3n) is 3.06. The molecule has 1 heterocycles. The monoisotopic (exact) mass is 364 g/mol. The minimum absolute atomic E-state index is 0.230. The molecule has 1 aromatic carbocycles. The summed E-state index contributed by atoms with van der Waals surface area (Å²) < 4.78 is 37.1. The Hall–Kier alpha value is -2.63. The second-order valence-electron chi connectivity index (χ2n) is 4.60. The van der Waals surface area contributed by atoms with Crippen LogP contribution in [0.3, 0.4) is 0 Å². The number of thioether (sulfide) groups is 1. The van der Waals surface area contributed by atoms with Gasteiger partial charge in [0.25, 0.3) is 17.5 Å². The van der Waals surface area contributed by atoms with Gasteiger partial charge >= 0.3 is 11.5 Å². The van der Waals surface area contributed by atoms with Crippen LogP contribution in [0.1, 0.15) is 20.7 Å². The van der Waals surface area contributed by atoms with E-state index in [4.69, 9.17) is 5.11 Å². The van der Waals surface area contributed by atoms with Crippen molar-refractivity contribution in [2.75, 3.05) is 6.54 Å². The maximum Gasteiger partial charge on any atom is 0.442 e. The van der Waals surface area contributed by atoms with Crippen molar-refractivity contribution in [3.63, 3.8) is 0 Å². The molecule has 1 unspecified atom stereocenters. The molecular weight excluding hydrogens is 357 g/mol. The van der Waals surface area contributed by atoms with E-state index in [0.717, 1.165) is 18.2 Å². The summed E-state index contributed by atoms with van der Waals surface area (Å²) in [4.78, 5) is 45.3. The second kappa shape index (κ2) is 6.11. The van der Waals surface area contributed by atoms with Crippen LogP contribution in [-0.4, -0.2) is 50.0 Å². The Morgan fingerprint density at radius 2 is 1.88 bits per heavy atom. The van der Waals surface area contributed by atoms with Crippen LogP contribution in [0, 0.1) is 10.1 Å². The van der Waals surface area contributed by atoms with E-state index in [9.17, 15) is 37.7 Å². The molecule has 12 heteroatoms. The van der Waals surface area contributed by atoms with Gasteiger partial charge in [-0.25, -0.2) is 0 Å². The van der Waals surface area contributed by atoms with Crippen molar-refractivity contribution in [3.8, 4) is 0 Å². The molecule has 0 aliphatic carbocycles. The summed E-state index contributed by atoms with van der Waals surface area (Å²) in [5.74, 6) is -3.92. The summed E-state index contributed by atoms with van der Waals surface area (Å²) in [5, 5.41) is 17.4. The van der Waals surface area contributed by atoms with Crippen LogP contribution >= 0.6 is 11.8 Å². The first-order valence-electron chi connectivity index (χ1n) is 6.13. The van der Waals surface area contributed by atoms with E-state index in [1.54, 1.807) is 0 Å². The minimum atomic E-state index is -4.87. The Kier molecular flexibility index (Phi) is 4.51. The van der Waals surface area contributed by atoms with E-state index in [1.807, 2.05) is 0 Å². The van der Waals surface area contributed by atoms with E-state index in [0.29, 0.717) is 4.90 Å². The number of nitro groups is 1. The van der Waals surface area contributed by atoms with Gasteiger partial charge in [0.15, 0.2) is 0 Å². The molecule has 8 nitrogen and oxygen atoms in total. The molecular formula is C12H7F3N2O6S. The highest BCUT2D eigenvalue weighted by molar-refractivity contribution is 8.01. The zero-order valence-electron chi connectivity index (χ0n) is 11.4. The van der Waals surface area contributed by atoms with Crippen molar-refractivity contribution in [2.24, 2.45) is 0 Å².